The van der Waals surface area contributed by atoms with E-state index in [1.165, 1.54) is 13.2 Å². The van der Waals surface area contributed by atoms with Crippen molar-refractivity contribution in [3.63, 3.8) is 0 Å². The van der Waals surface area contributed by atoms with Gasteiger partial charge in [0.25, 0.3) is 0 Å². The summed E-state index contributed by atoms with van der Waals surface area (Å²) in [5, 5.41) is 1.13. The first-order valence-electron chi connectivity index (χ1n) is 4.85. The molecule has 0 aliphatic carbocycles. The van der Waals surface area contributed by atoms with Gasteiger partial charge in [0, 0.05) is 11.7 Å². The van der Waals surface area contributed by atoms with Gasteiger partial charge in [0.05, 0.1) is 7.11 Å². The summed E-state index contributed by atoms with van der Waals surface area (Å²) >= 11 is 0. The number of rotatable bonds is 3. The molecule has 0 saturated heterocycles. The van der Waals surface area contributed by atoms with E-state index in [1.807, 2.05) is 0 Å². The van der Waals surface area contributed by atoms with Crippen LogP contribution in [0.2, 0.25) is 0 Å². The Balaban J connectivity index is 2.41. The van der Waals surface area contributed by atoms with Gasteiger partial charge in [-0.2, -0.15) is 0 Å². The summed E-state index contributed by atoms with van der Waals surface area (Å²) in [4.78, 5) is 0. The van der Waals surface area contributed by atoms with Gasteiger partial charge >= 0.3 is 0 Å². The fourth-order valence-corrected chi connectivity index (χ4v) is 1.85. The lowest BCUT2D eigenvalue weighted by molar-refractivity contribution is 0.171. The van der Waals surface area contributed by atoms with E-state index in [2.05, 4.69) is 0 Å². The van der Waals surface area contributed by atoms with Crippen LogP contribution in [0.1, 0.15) is 5.56 Å². The minimum absolute atomic E-state index is 0.144. The lowest BCUT2D eigenvalue weighted by Gasteiger charge is -2.05. The maximum absolute atomic E-state index is 11.0. The monoisotopic (exact) mass is 256 g/mol. The topological polar surface area (TPSA) is 61.8 Å². The maximum Gasteiger partial charge on any atom is 0.231 e. The Morgan fingerprint density at radius 1 is 1.35 bits per heavy atom. The SMILES string of the molecule is COc1cc(C=CS(C)(=O)=O)cc2c1OCO2. The van der Waals surface area contributed by atoms with Crippen LogP contribution in [-0.4, -0.2) is 28.6 Å². The molecule has 0 fully saturated rings. The van der Waals surface area contributed by atoms with Crippen molar-refractivity contribution < 1.29 is 22.6 Å². The first-order chi connectivity index (χ1) is 7.99. The Bertz CT molecular complexity index is 559. The number of fused-ring (bicyclic) bond motifs is 1. The van der Waals surface area contributed by atoms with Crippen LogP contribution < -0.4 is 14.2 Å². The van der Waals surface area contributed by atoms with Gasteiger partial charge in [-0.3, -0.25) is 0 Å². The Morgan fingerprint density at radius 3 is 2.76 bits per heavy atom. The average Bonchev–Trinajstić information content (AvgIpc) is 2.72. The van der Waals surface area contributed by atoms with Crippen LogP contribution in [0.3, 0.4) is 0 Å². The maximum atomic E-state index is 11.0. The van der Waals surface area contributed by atoms with E-state index in [0.29, 0.717) is 22.8 Å². The third-order valence-electron chi connectivity index (χ3n) is 2.19. The predicted octanol–water partition coefficient (Wildman–Crippen LogP) is 1.44. The summed E-state index contributed by atoms with van der Waals surface area (Å²) in [6.45, 7) is 0.144. The zero-order valence-electron chi connectivity index (χ0n) is 9.47. The summed E-state index contributed by atoms with van der Waals surface area (Å²) in [7, 11) is -1.63. The quantitative estimate of drug-likeness (QED) is 0.819. The van der Waals surface area contributed by atoms with Gasteiger partial charge in [-0.25, -0.2) is 8.42 Å². The van der Waals surface area contributed by atoms with Crippen molar-refractivity contribution in [3.05, 3.63) is 23.1 Å². The molecule has 17 heavy (non-hydrogen) atoms. The molecule has 1 aromatic rings. The molecule has 0 saturated carbocycles. The third-order valence-corrected chi connectivity index (χ3v) is 2.82. The molecule has 1 aromatic carbocycles. The number of benzene rings is 1. The lowest BCUT2D eigenvalue weighted by atomic mass is 10.2. The second-order valence-electron chi connectivity index (χ2n) is 3.59. The average molecular weight is 256 g/mol. The van der Waals surface area contributed by atoms with E-state index in [-0.39, 0.29) is 6.79 Å². The molecule has 0 bridgehead atoms. The van der Waals surface area contributed by atoms with Crippen molar-refractivity contribution in [2.75, 3.05) is 20.2 Å². The van der Waals surface area contributed by atoms with Crippen molar-refractivity contribution in [1.82, 2.24) is 0 Å². The standard InChI is InChI=1S/C11H12O5S/c1-14-9-5-8(3-4-17(2,12)13)6-10-11(9)16-7-15-10/h3-6H,7H2,1-2H3. The summed E-state index contributed by atoms with van der Waals surface area (Å²) < 4.78 is 37.6. The number of hydrogen-bond acceptors (Lipinski definition) is 5. The molecular formula is C11H12O5S. The van der Waals surface area contributed by atoms with Crippen LogP contribution >= 0.6 is 0 Å². The molecule has 1 heterocycles. The largest absolute Gasteiger partial charge is 0.493 e. The van der Waals surface area contributed by atoms with Crippen molar-refractivity contribution in [3.8, 4) is 17.2 Å². The summed E-state index contributed by atoms with van der Waals surface area (Å²) in [5.41, 5.74) is 0.677. The first kappa shape index (κ1) is 11.8. The lowest BCUT2D eigenvalue weighted by Crippen LogP contribution is -1.93. The van der Waals surface area contributed by atoms with Crippen LogP contribution in [0.5, 0.6) is 17.2 Å². The highest BCUT2D eigenvalue weighted by atomic mass is 32.2. The zero-order chi connectivity index (χ0) is 12.5. The van der Waals surface area contributed by atoms with E-state index in [4.69, 9.17) is 14.2 Å². The molecule has 1 aliphatic rings. The summed E-state index contributed by atoms with van der Waals surface area (Å²) in [6, 6.07) is 3.39. The normalized spacial score (nSPS) is 14.2. The van der Waals surface area contributed by atoms with E-state index < -0.39 is 9.84 Å². The molecule has 1 aliphatic heterocycles. The van der Waals surface area contributed by atoms with Crippen molar-refractivity contribution >= 4 is 15.9 Å². The molecule has 0 amide bonds. The minimum atomic E-state index is -3.15. The highest BCUT2D eigenvalue weighted by Gasteiger charge is 2.19. The smallest absolute Gasteiger partial charge is 0.231 e. The van der Waals surface area contributed by atoms with Crippen molar-refractivity contribution in [1.29, 1.82) is 0 Å². The van der Waals surface area contributed by atoms with Gasteiger partial charge in [-0.1, -0.05) is 0 Å². The van der Waals surface area contributed by atoms with E-state index in [0.717, 1.165) is 11.7 Å². The van der Waals surface area contributed by atoms with Gasteiger partial charge in [-0.15, -0.1) is 0 Å². The Hall–Kier alpha value is -1.69. The third kappa shape index (κ3) is 2.71. The number of sulfone groups is 1. The van der Waals surface area contributed by atoms with Gasteiger partial charge in [0.2, 0.25) is 12.5 Å². The highest BCUT2D eigenvalue weighted by Crippen LogP contribution is 2.42. The molecule has 0 N–H and O–H groups in total. The molecule has 5 nitrogen and oxygen atoms in total. The molecular weight excluding hydrogens is 244 g/mol. The molecule has 0 aromatic heterocycles. The molecule has 0 spiro atoms. The van der Waals surface area contributed by atoms with Crippen LogP contribution in [-0.2, 0) is 9.84 Å². The molecule has 6 heteroatoms. The van der Waals surface area contributed by atoms with Gasteiger partial charge in [0.15, 0.2) is 21.3 Å². The fourth-order valence-electron chi connectivity index (χ4n) is 1.45. The Morgan fingerprint density at radius 2 is 2.12 bits per heavy atom. The van der Waals surface area contributed by atoms with Crippen LogP contribution in [0.25, 0.3) is 6.08 Å². The Kier molecular flexibility index (Phi) is 2.97. The molecule has 0 unspecified atom stereocenters. The fraction of sp³-hybridized carbons (Fsp3) is 0.273. The van der Waals surface area contributed by atoms with Crippen molar-refractivity contribution in [2.45, 2.75) is 0 Å². The number of hydrogen-bond donors (Lipinski definition) is 0. The molecule has 0 radical (unpaired) electrons. The second-order valence-corrected chi connectivity index (χ2v) is 5.52. The van der Waals surface area contributed by atoms with Gasteiger partial charge < -0.3 is 14.2 Å². The van der Waals surface area contributed by atoms with E-state index in [1.54, 1.807) is 12.1 Å². The van der Waals surface area contributed by atoms with Crippen LogP contribution in [0.4, 0.5) is 0 Å². The second kappa shape index (κ2) is 4.29. The number of methoxy groups -OCH3 is 1. The minimum Gasteiger partial charge on any atom is -0.493 e. The summed E-state index contributed by atoms with van der Waals surface area (Å²) in [5.74, 6) is 1.62. The zero-order valence-corrected chi connectivity index (χ0v) is 10.3. The van der Waals surface area contributed by atoms with Crippen LogP contribution in [0, 0.1) is 0 Å². The Labute approximate surface area is 99.5 Å². The number of ether oxygens (including phenoxy) is 3. The van der Waals surface area contributed by atoms with E-state index >= 15 is 0 Å². The van der Waals surface area contributed by atoms with Crippen LogP contribution in [0.15, 0.2) is 17.5 Å². The van der Waals surface area contributed by atoms with Gasteiger partial charge in [-0.05, 0) is 23.8 Å². The van der Waals surface area contributed by atoms with E-state index in [9.17, 15) is 8.42 Å². The molecule has 0 atom stereocenters. The first-order valence-corrected chi connectivity index (χ1v) is 6.81. The molecule has 92 valence electrons. The summed E-state index contributed by atoms with van der Waals surface area (Å²) in [6.07, 6.45) is 2.62. The predicted molar refractivity (Wildman–Crippen MR) is 63.0 cm³/mol. The highest BCUT2D eigenvalue weighted by molar-refractivity contribution is 7.93. The van der Waals surface area contributed by atoms with Crippen molar-refractivity contribution in [2.24, 2.45) is 0 Å². The van der Waals surface area contributed by atoms with Gasteiger partial charge in [0.1, 0.15) is 0 Å². The molecule has 2 rings (SSSR count).